The van der Waals surface area contributed by atoms with Gasteiger partial charge in [0.15, 0.2) is 11.6 Å². The van der Waals surface area contributed by atoms with Crippen molar-refractivity contribution in [1.29, 1.82) is 0 Å². The Balaban J connectivity index is 1.52. The first-order chi connectivity index (χ1) is 18.6. The highest BCUT2D eigenvalue weighted by Crippen LogP contribution is 2.28. The molecule has 8 nitrogen and oxygen atoms in total. The highest BCUT2D eigenvalue weighted by Gasteiger charge is 2.28. The summed E-state index contributed by atoms with van der Waals surface area (Å²) >= 11 is 0. The summed E-state index contributed by atoms with van der Waals surface area (Å²) < 4.78 is 30.0. The lowest BCUT2D eigenvalue weighted by molar-refractivity contribution is -0.143. The molecule has 1 aliphatic heterocycles. The van der Waals surface area contributed by atoms with Crippen molar-refractivity contribution in [3.05, 3.63) is 53.0 Å². The van der Waals surface area contributed by atoms with Gasteiger partial charge in [-0.05, 0) is 95.7 Å². The third-order valence-corrected chi connectivity index (χ3v) is 6.47. The summed E-state index contributed by atoms with van der Waals surface area (Å²) in [6.07, 6.45) is 5.11. The molecule has 0 radical (unpaired) electrons. The molecule has 0 saturated heterocycles. The second kappa shape index (κ2) is 14.3. The Kier molecular flexibility index (Phi) is 11.1. The van der Waals surface area contributed by atoms with Crippen LogP contribution in [0.2, 0.25) is 0 Å². The van der Waals surface area contributed by atoms with Crippen molar-refractivity contribution < 1.29 is 28.2 Å². The first-order valence-electron chi connectivity index (χ1n) is 13.8. The summed E-state index contributed by atoms with van der Waals surface area (Å²) in [5.41, 5.74) is 2.14. The minimum absolute atomic E-state index is 0.118. The number of esters is 1. The van der Waals surface area contributed by atoms with Crippen LogP contribution in [-0.4, -0.2) is 49.5 Å². The number of carbonyl (C=O) groups is 2. The van der Waals surface area contributed by atoms with Gasteiger partial charge in [0.25, 0.3) is 0 Å². The number of pyridine rings is 1. The van der Waals surface area contributed by atoms with Gasteiger partial charge in [0.2, 0.25) is 0 Å². The van der Waals surface area contributed by atoms with Crippen molar-refractivity contribution in [2.45, 2.75) is 84.3 Å². The van der Waals surface area contributed by atoms with Gasteiger partial charge in [-0.3, -0.25) is 9.69 Å². The van der Waals surface area contributed by atoms with E-state index in [2.05, 4.69) is 11.4 Å². The quantitative estimate of drug-likeness (QED) is 0.263. The Morgan fingerprint density at radius 3 is 2.64 bits per heavy atom. The van der Waals surface area contributed by atoms with Gasteiger partial charge in [0.05, 0.1) is 20.1 Å². The van der Waals surface area contributed by atoms with Crippen LogP contribution in [-0.2, 0) is 27.1 Å². The summed E-state index contributed by atoms with van der Waals surface area (Å²) in [7, 11) is 1.42. The molecule has 0 saturated carbocycles. The Hall–Kier alpha value is -3.20. The summed E-state index contributed by atoms with van der Waals surface area (Å²) in [6, 6.07) is 8.50. The van der Waals surface area contributed by atoms with E-state index < -0.39 is 11.4 Å². The third-order valence-electron chi connectivity index (χ3n) is 6.47. The van der Waals surface area contributed by atoms with E-state index in [-0.39, 0.29) is 30.3 Å². The van der Waals surface area contributed by atoms with Crippen LogP contribution in [0.3, 0.4) is 0 Å². The lowest BCUT2D eigenvalue weighted by Crippen LogP contribution is -2.40. The van der Waals surface area contributed by atoms with Gasteiger partial charge in [-0.15, -0.1) is 0 Å². The fourth-order valence-corrected chi connectivity index (χ4v) is 4.59. The summed E-state index contributed by atoms with van der Waals surface area (Å²) in [5.74, 6) is 0.0837. The van der Waals surface area contributed by atoms with Crippen LogP contribution in [0.4, 0.5) is 15.0 Å². The maximum atomic E-state index is 14.3. The molecule has 0 spiro atoms. The molecular formula is C30H42FN3O5. The Morgan fingerprint density at radius 2 is 1.95 bits per heavy atom. The number of ether oxygens (including phenoxy) is 3. The van der Waals surface area contributed by atoms with E-state index in [1.54, 1.807) is 24.0 Å². The average molecular weight is 544 g/mol. The van der Waals surface area contributed by atoms with E-state index in [1.807, 2.05) is 26.8 Å². The van der Waals surface area contributed by atoms with E-state index in [9.17, 15) is 14.0 Å². The molecule has 1 aliphatic rings. The number of carbonyl (C=O) groups excluding carboxylic acids is 2. The fourth-order valence-electron chi connectivity index (χ4n) is 4.59. The largest absolute Gasteiger partial charge is 0.494 e. The van der Waals surface area contributed by atoms with Gasteiger partial charge in [0.1, 0.15) is 11.4 Å². The topological polar surface area (TPSA) is 90.0 Å². The zero-order valence-electron chi connectivity index (χ0n) is 23.8. The van der Waals surface area contributed by atoms with Crippen molar-refractivity contribution in [3.8, 4) is 5.75 Å². The van der Waals surface area contributed by atoms with E-state index >= 15 is 0 Å². The Bertz CT molecular complexity index is 1120. The van der Waals surface area contributed by atoms with Crippen LogP contribution in [0.25, 0.3) is 0 Å². The van der Waals surface area contributed by atoms with Crippen molar-refractivity contribution >= 4 is 17.9 Å². The zero-order valence-corrected chi connectivity index (χ0v) is 23.8. The predicted molar refractivity (Wildman–Crippen MR) is 149 cm³/mol. The number of halogens is 1. The second-order valence-electron chi connectivity index (χ2n) is 10.7. The molecule has 1 atom stereocenters. The minimum atomic E-state index is -0.558. The maximum absolute atomic E-state index is 14.3. The Labute approximate surface area is 231 Å². The standard InChI is InChI=1S/C30H42FN3O5/c1-6-38-27(35)20-25(22-14-16-26(37-5)24(31)19-22)32-17-9-7-8-12-23-15-13-21-11-10-18-34(28(21)33-23)29(36)39-30(2,3)4/h13-16,19,25,32H,6-12,17-18,20H2,1-5H3. The molecule has 9 heteroatoms. The molecule has 2 heterocycles. The third kappa shape index (κ3) is 9.20. The van der Waals surface area contributed by atoms with Gasteiger partial charge in [0, 0.05) is 18.3 Å². The number of aryl methyl sites for hydroxylation is 2. The smallest absolute Gasteiger partial charge is 0.416 e. The normalized spacial score (nSPS) is 13.9. The van der Waals surface area contributed by atoms with Crippen LogP contribution >= 0.6 is 0 Å². The number of nitrogens with one attached hydrogen (secondary N) is 1. The summed E-state index contributed by atoms with van der Waals surface area (Å²) in [5, 5.41) is 3.38. The van der Waals surface area contributed by atoms with Gasteiger partial charge >= 0.3 is 12.1 Å². The van der Waals surface area contributed by atoms with E-state index in [0.29, 0.717) is 31.1 Å². The number of fused-ring (bicyclic) bond motifs is 1. The average Bonchev–Trinajstić information content (AvgIpc) is 2.88. The second-order valence-corrected chi connectivity index (χ2v) is 10.7. The van der Waals surface area contributed by atoms with Crippen molar-refractivity contribution in [2.24, 2.45) is 0 Å². The molecular weight excluding hydrogens is 501 g/mol. The number of nitrogens with zero attached hydrogens (tertiary/aromatic N) is 2. The van der Waals surface area contributed by atoms with E-state index in [0.717, 1.165) is 49.8 Å². The number of amides is 1. The van der Waals surface area contributed by atoms with Crippen molar-refractivity contribution in [1.82, 2.24) is 10.3 Å². The number of aromatic nitrogens is 1. The van der Waals surface area contributed by atoms with Crippen molar-refractivity contribution in [2.75, 3.05) is 31.7 Å². The van der Waals surface area contributed by atoms with E-state index in [4.69, 9.17) is 19.2 Å². The lowest BCUT2D eigenvalue weighted by atomic mass is 10.0. The van der Waals surface area contributed by atoms with E-state index in [1.165, 1.54) is 13.2 Å². The van der Waals surface area contributed by atoms with Crippen LogP contribution < -0.4 is 15.0 Å². The van der Waals surface area contributed by atoms with Crippen LogP contribution in [0.5, 0.6) is 5.75 Å². The molecule has 1 aromatic carbocycles. The van der Waals surface area contributed by atoms with Crippen LogP contribution in [0.1, 0.15) is 82.7 Å². The monoisotopic (exact) mass is 543 g/mol. The van der Waals surface area contributed by atoms with Gasteiger partial charge in [-0.25, -0.2) is 14.2 Å². The molecule has 0 aliphatic carbocycles. The van der Waals surface area contributed by atoms with Crippen LogP contribution in [0, 0.1) is 5.82 Å². The lowest BCUT2D eigenvalue weighted by Gasteiger charge is -2.31. The molecule has 1 unspecified atom stereocenters. The number of methoxy groups -OCH3 is 1. The zero-order chi connectivity index (χ0) is 28.4. The first-order valence-corrected chi connectivity index (χ1v) is 13.8. The van der Waals surface area contributed by atoms with Crippen molar-refractivity contribution in [3.63, 3.8) is 0 Å². The molecule has 0 bridgehead atoms. The number of unbranched alkanes of at least 4 members (excludes halogenated alkanes) is 2. The maximum Gasteiger partial charge on any atom is 0.416 e. The molecule has 1 amide bonds. The van der Waals surface area contributed by atoms with Gasteiger partial charge in [-0.2, -0.15) is 0 Å². The first kappa shape index (κ1) is 30.3. The highest BCUT2D eigenvalue weighted by atomic mass is 19.1. The fraction of sp³-hybridized carbons (Fsp3) is 0.567. The van der Waals surface area contributed by atoms with Gasteiger partial charge < -0.3 is 19.5 Å². The predicted octanol–water partition coefficient (Wildman–Crippen LogP) is 5.91. The number of hydrogen-bond donors (Lipinski definition) is 1. The molecule has 0 fully saturated rings. The number of benzene rings is 1. The molecule has 2 aromatic rings. The minimum Gasteiger partial charge on any atom is -0.494 e. The summed E-state index contributed by atoms with van der Waals surface area (Å²) in [6.45, 7) is 8.93. The molecule has 3 rings (SSSR count). The molecule has 1 aromatic heterocycles. The molecule has 1 N–H and O–H groups in total. The van der Waals surface area contributed by atoms with Crippen LogP contribution in [0.15, 0.2) is 30.3 Å². The number of hydrogen-bond acceptors (Lipinski definition) is 7. The molecule has 39 heavy (non-hydrogen) atoms. The Morgan fingerprint density at radius 1 is 1.15 bits per heavy atom. The number of rotatable bonds is 12. The summed E-state index contributed by atoms with van der Waals surface area (Å²) in [4.78, 5) is 31.3. The highest BCUT2D eigenvalue weighted by molar-refractivity contribution is 5.88. The number of anilines is 1. The van der Waals surface area contributed by atoms with Gasteiger partial charge in [-0.1, -0.05) is 18.6 Å². The molecule has 214 valence electrons. The SMILES string of the molecule is CCOC(=O)CC(NCCCCCc1ccc2c(n1)N(C(=O)OC(C)(C)C)CCC2)c1ccc(OC)c(F)c1.